The van der Waals surface area contributed by atoms with Crippen molar-refractivity contribution in [2.24, 2.45) is 0 Å². The minimum absolute atomic E-state index is 0.0252. The normalized spacial score (nSPS) is 11.5. The predicted molar refractivity (Wildman–Crippen MR) is 184 cm³/mol. The highest BCUT2D eigenvalue weighted by Crippen LogP contribution is 2.29. The molecular formula is C39H32FN3O6. The van der Waals surface area contributed by atoms with Gasteiger partial charge < -0.3 is 20.2 Å². The topological polar surface area (TPSA) is 123 Å². The van der Waals surface area contributed by atoms with Crippen molar-refractivity contribution in [1.82, 2.24) is 16.1 Å². The maximum Gasteiger partial charge on any atom is 0.407 e. The van der Waals surface area contributed by atoms with E-state index in [0.29, 0.717) is 6.42 Å². The lowest BCUT2D eigenvalue weighted by Gasteiger charge is -2.19. The number of amides is 3. The Labute approximate surface area is 281 Å². The highest BCUT2D eigenvalue weighted by atomic mass is 19.1. The van der Waals surface area contributed by atoms with Crippen LogP contribution in [0.1, 0.15) is 21.5 Å². The minimum Gasteiger partial charge on any atom is -0.449 e. The number of hydrogen-bond acceptors (Lipinski definition) is 6. The smallest absolute Gasteiger partial charge is 0.407 e. The molecule has 9 nitrogen and oxygen atoms in total. The Hall–Kier alpha value is -6.29. The molecule has 0 unspecified atom stereocenters. The molecule has 0 aliphatic rings. The highest BCUT2D eigenvalue weighted by Gasteiger charge is 2.24. The molecule has 0 aromatic heterocycles. The van der Waals surface area contributed by atoms with Crippen LogP contribution in [0.15, 0.2) is 121 Å². The first-order valence-electron chi connectivity index (χ1n) is 15.7. The van der Waals surface area contributed by atoms with Gasteiger partial charge >= 0.3 is 12.1 Å². The SMILES string of the molecule is O=C(CNC(=O)[C@H](Cc1cccc2ccccc12)NC(=O)OCCc1c2ccccc2cc2ccccc12)NOC(=O)c1ccc(F)cc1. The molecule has 6 aromatic rings. The van der Waals surface area contributed by atoms with Gasteiger partial charge in [0.05, 0.1) is 18.7 Å². The van der Waals surface area contributed by atoms with Gasteiger partial charge in [-0.3, -0.25) is 9.59 Å². The lowest BCUT2D eigenvalue weighted by molar-refractivity contribution is -0.132. The van der Waals surface area contributed by atoms with Crippen molar-refractivity contribution in [3.8, 4) is 0 Å². The van der Waals surface area contributed by atoms with Gasteiger partial charge in [-0.2, -0.15) is 5.48 Å². The second-order valence-electron chi connectivity index (χ2n) is 11.4. The second kappa shape index (κ2) is 15.1. The van der Waals surface area contributed by atoms with Crippen molar-refractivity contribution in [3.05, 3.63) is 144 Å². The number of rotatable bonds is 10. The van der Waals surface area contributed by atoms with Crippen LogP contribution in [0.5, 0.6) is 0 Å². The monoisotopic (exact) mass is 657 g/mol. The molecule has 6 rings (SSSR count). The Balaban J connectivity index is 1.11. The number of alkyl carbamates (subject to hydrolysis) is 1. The van der Waals surface area contributed by atoms with Crippen LogP contribution < -0.4 is 16.1 Å². The van der Waals surface area contributed by atoms with Gasteiger partial charge in [0.25, 0.3) is 5.91 Å². The number of hydrogen-bond donors (Lipinski definition) is 3. The number of nitrogens with one attached hydrogen (secondary N) is 3. The summed E-state index contributed by atoms with van der Waals surface area (Å²) >= 11 is 0. The third-order valence-corrected chi connectivity index (χ3v) is 8.14. The minimum atomic E-state index is -1.11. The molecule has 0 saturated carbocycles. The molecule has 0 heterocycles. The molecule has 0 radical (unpaired) electrons. The summed E-state index contributed by atoms with van der Waals surface area (Å²) in [7, 11) is 0. The van der Waals surface area contributed by atoms with Gasteiger partial charge in [-0.25, -0.2) is 14.0 Å². The largest absolute Gasteiger partial charge is 0.449 e. The summed E-state index contributed by atoms with van der Waals surface area (Å²) in [6.07, 6.45) is -0.230. The fraction of sp³-hybridized carbons (Fsp3) is 0.128. The van der Waals surface area contributed by atoms with Gasteiger partial charge in [0.1, 0.15) is 11.9 Å². The standard InChI is InChI=1S/C39H32FN3O6/c40-30-18-16-26(17-19-30)38(46)49-43-36(44)24-41-37(45)35(23-29-12-7-11-25-8-1-4-13-31(25)29)42-39(47)48-21-20-34-32-14-5-2-9-27(32)22-28-10-3-6-15-33(28)34/h1-19,22,35H,20-21,23-24H2,(H,41,45)(H,42,47)(H,43,44)/t35-/m0/s1. The van der Waals surface area contributed by atoms with Crippen LogP contribution in [0.25, 0.3) is 32.3 Å². The fourth-order valence-electron chi connectivity index (χ4n) is 5.78. The van der Waals surface area contributed by atoms with Crippen molar-refractivity contribution < 1.29 is 33.1 Å². The fourth-order valence-corrected chi connectivity index (χ4v) is 5.78. The number of halogens is 1. The average molecular weight is 658 g/mol. The molecule has 0 fully saturated rings. The summed E-state index contributed by atoms with van der Waals surface area (Å²) in [5.41, 5.74) is 3.85. The molecule has 246 valence electrons. The quantitative estimate of drug-likeness (QED) is 0.120. The van der Waals surface area contributed by atoms with Gasteiger partial charge in [0, 0.05) is 12.8 Å². The van der Waals surface area contributed by atoms with Crippen LogP contribution in [0.4, 0.5) is 9.18 Å². The second-order valence-corrected chi connectivity index (χ2v) is 11.4. The van der Waals surface area contributed by atoms with E-state index in [1.807, 2.05) is 96.5 Å². The lowest BCUT2D eigenvalue weighted by atomic mass is 9.95. The summed E-state index contributed by atoms with van der Waals surface area (Å²) in [4.78, 5) is 55.8. The van der Waals surface area contributed by atoms with Gasteiger partial charge in [-0.15, -0.1) is 0 Å². The van der Waals surface area contributed by atoms with Crippen LogP contribution >= 0.6 is 0 Å². The van der Waals surface area contributed by atoms with E-state index >= 15 is 0 Å². The molecule has 0 saturated heterocycles. The van der Waals surface area contributed by atoms with E-state index in [4.69, 9.17) is 9.57 Å². The van der Waals surface area contributed by atoms with E-state index in [9.17, 15) is 23.6 Å². The average Bonchev–Trinajstić information content (AvgIpc) is 3.12. The summed E-state index contributed by atoms with van der Waals surface area (Å²) in [5, 5.41) is 11.3. The third kappa shape index (κ3) is 7.99. The van der Waals surface area contributed by atoms with Crippen LogP contribution in [-0.4, -0.2) is 43.1 Å². The van der Waals surface area contributed by atoms with Gasteiger partial charge in [0.15, 0.2) is 0 Å². The van der Waals surface area contributed by atoms with Gasteiger partial charge in [-0.1, -0.05) is 91.0 Å². The van der Waals surface area contributed by atoms with E-state index < -0.39 is 42.3 Å². The van der Waals surface area contributed by atoms with Crippen molar-refractivity contribution in [1.29, 1.82) is 0 Å². The zero-order chi connectivity index (χ0) is 34.2. The molecule has 0 bridgehead atoms. The van der Waals surface area contributed by atoms with Crippen molar-refractivity contribution in [3.63, 3.8) is 0 Å². The first-order valence-corrected chi connectivity index (χ1v) is 15.7. The predicted octanol–water partition coefficient (Wildman–Crippen LogP) is 6.17. The van der Waals surface area contributed by atoms with Crippen LogP contribution in [0, 0.1) is 5.82 Å². The van der Waals surface area contributed by atoms with Crippen LogP contribution in [0.2, 0.25) is 0 Å². The molecule has 10 heteroatoms. The van der Waals surface area contributed by atoms with E-state index in [1.165, 1.54) is 12.1 Å². The maximum absolute atomic E-state index is 13.4. The summed E-state index contributed by atoms with van der Waals surface area (Å²) in [6.45, 7) is -0.485. The molecule has 6 aromatic carbocycles. The van der Waals surface area contributed by atoms with Crippen LogP contribution in [-0.2, 0) is 32.0 Å². The van der Waals surface area contributed by atoms with E-state index in [1.54, 1.807) is 0 Å². The van der Waals surface area contributed by atoms with Crippen molar-refractivity contribution >= 4 is 56.2 Å². The van der Waals surface area contributed by atoms with Gasteiger partial charge in [0.2, 0.25) is 5.91 Å². The zero-order valence-electron chi connectivity index (χ0n) is 26.3. The highest BCUT2D eigenvalue weighted by molar-refractivity contribution is 6.02. The van der Waals surface area contributed by atoms with Crippen molar-refractivity contribution in [2.45, 2.75) is 18.9 Å². The third-order valence-electron chi connectivity index (χ3n) is 8.14. The first kappa shape index (κ1) is 32.6. The Morgan fingerprint density at radius 3 is 2.00 bits per heavy atom. The molecular weight excluding hydrogens is 625 g/mol. The zero-order valence-corrected chi connectivity index (χ0v) is 26.3. The number of benzene rings is 6. The number of ether oxygens (including phenoxy) is 1. The summed E-state index contributed by atoms with van der Waals surface area (Å²) in [6, 6.07) is 35.0. The molecule has 0 spiro atoms. The molecule has 0 aliphatic heterocycles. The molecule has 3 amide bonds. The lowest BCUT2D eigenvalue weighted by Crippen LogP contribution is -2.50. The summed E-state index contributed by atoms with van der Waals surface area (Å²) < 4.78 is 18.7. The van der Waals surface area contributed by atoms with E-state index in [2.05, 4.69) is 16.7 Å². The number of fused-ring (bicyclic) bond motifs is 3. The first-order chi connectivity index (χ1) is 23.9. The Morgan fingerprint density at radius 1 is 0.694 bits per heavy atom. The van der Waals surface area contributed by atoms with E-state index in [0.717, 1.165) is 55.6 Å². The number of carbonyl (C=O) groups excluding carboxylic acids is 4. The Kier molecular flexibility index (Phi) is 10.0. The molecule has 1 atom stereocenters. The van der Waals surface area contributed by atoms with Crippen molar-refractivity contribution in [2.75, 3.05) is 13.2 Å². The number of hydroxylamine groups is 1. The van der Waals surface area contributed by atoms with E-state index in [-0.39, 0.29) is 18.6 Å². The molecule has 0 aliphatic carbocycles. The Morgan fingerprint density at radius 2 is 1.31 bits per heavy atom. The van der Waals surface area contributed by atoms with Crippen LogP contribution in [0.3, 0.4) is 0 Å². The molecule has 3 N–H and O–H groups in total. The number of carbonyl (C=O) groups is 4. The maximum atomic E-state index is 13.4. The summed E-state index contributed by atoms with van der Waals surface area (Å²) in [5.74, 6) is -2.91. The molecule has 49 heavy (non-hydrogen) atoms. The van der Waals surface area contributed by atoms with Gasteiger partial charge in [-0.05, 0) is 73.8 Å². The Bertz CT molecular complexity index is 2110.